The highest BCUT2D eigenvalue weighted by atomic mass is 16.5. The molecule has 1 N–H and O–H groups in total. The number of benzene rings is 2. The summed E-state index contributed by atoms with van der Waals surface area (Å²) < 4.78 is 7.87. The van der Waals surface area contributed by atoms with Gasteiger partial charge in [0, 0.05) is 30.6 Å². The molecule has 0 aliphatic carbocycles. The predicted molar refractivity (Wildman–Crippen MR) is 118 cm³/mol. The van der Waals surface area contributed by atoms with Crippen molar-refractivity contribution in [3.8, 4) is 17.1 Å². The van der Waals surface area contributed by atoms with Gasteiger partial charge in [0.2, 0.25) is 5.91 Å². The Kier molecular flexibility index (Phi) is 6.42. The van der Waals surface area contributed by atoms with Gasteiger partial charge in [-0.2, -0.15) is 0 Å². The van der Waals surface area contributed by atoms with Crippen LogP contribution >= 0.6 is 0 Å². The van der Waals surface area contributed by atoms with Crippen LogP contribution < -0.4 is 10.1 Å². The predicted octanol–water partition coefficient (Wildman–Crippen LogP) is 4.64. The fourth-order valence-electron chi connectivity index (χ4n) is 3.88. The molecule has 0 unspecified atom stereocenters. The molecule has 2 aromatic carbocycles. The maximum atomic E-state index is 12.4. The van der Waals surface area contributed by atoms with E-state index in [1.807, 2.05) is 55.5 Å². The van der Waals surface area contributed by atoms with Gasteiger partial charge in [-0.15, -0.1) is 10.2 Å². The number of ether oxygens (including phenoxy) is 1. The van der Waals surface area contributed by atoms with Gasteiger partial charge < -0.3 is 14.6 Å². The lowest BCUT2D eigenvalue weighted by Crippen LogP contribution is -2.12. The van der Waals surface area contributed by atoms with Crippen molar-refractivity contribution < 1.29 is 9.53 Å². The summed E-state index contributed by atoms with van der Waals surface area (Å²) in [6, 6.07) is 15.7. The third kappa shape index (κ3) is 4.70. The number of rotatable bonds is 7. The zero-order valence-electron chi connectivity index (χ0n) is 17.4. The van der Waals surface area contributed by atoms with Crippen molar-refractivity contribution in [3.05, 3.63) is 59.9 Å². The summed E-state index contributed by atoms with van der Waals surface area (Å²) in [7, 11) is 0. The summed E-state index contributed by atoms with van der Waals surface area (Å²) in [5.41, 5.74) is 2.87. The molecule has 0 bridgehead atoms. The van der Waals surface area contributed by atoms with E-state index in [9.17, 15) is 4.79 Å². The van der Waals surface area contributed by atoms with Crippen LogP contribution in [0.3, 0.4) is 0 Å². The van der Waals surface area contributed by atoms with Gasteiger partial charge >= 0.3 is 0 Å². The second-order valence-electron chi connectivity index (χ2n) is 7.57. The summed E-state index contributed by atoms with van der Waals surface area (Å²) >= 11 is 0. The molecule has 1 aromatic heterocycles. The number of hydrogen-bond donors (Lipinski definition) is 1. The molecule has 1 aliphatic heterocycles. The number of amides is 1. The van der Waals surface area contributed by atoms with Crippen LogP contribution in [0, 0.1) is 0 Å². The van der Waals surface area contributed by atoms with Gasteiger partial charge in [0.05, 0.1) is 6.61 Å². The van der Waals surface area contributed by atoms with Crippen molar-refractivity contribution in [2.45, 2.75) is 52.0 Å². The van der Waals surface area contributed by atoms with Crippen LogP contribution in [-0.4, -0.2) is 27.3 Å². The average Bonchev–Trinajstić information content (AvgIpc) is 3.02. The molecule has 0 spiro atoms. The zero-order valence-corrected chi connectivity index (χ0v) is 17.4. The van der Waals surface area contributed by atoms with E-state index in [1.54, 1.807) is 0 Å². The molecular formula is C24H28N4O2. The van der Waals surface area contributed by atoms with Crippen LogP contribution in [0.15, 0.2) is 48.5 Å². The van der Waals surface area contributed by atoms with Crippen LogP contribution in [-0.2, 0) is 24.2 Å². The second kappa shape index (κ2) is 9.57. The van der Waals surface area contributed by atoms with E-state index < -0.39 is 0 Å². The van der Waals surface area contributed by atoms with Crippen molar-refractivity contribution in [3.63, 3.8) is 0 Å². The minimum atomic E-state index is -0.00889. The summed E-state index contributed by atoms with van der Waals surface area (Å²) in [6.45, 7) is 3.55. The standard InChI is InChI=1S/C24H28N4O2/c1-2-30-21-9-6-5-8-18(21)13-16-23(29)25-20-14-11-19(12-15-20)24-27-26-22-10-4-3-7-17-28(22)24/h5-6,8-9,11-12,14-15H,2-4,7,10,13,16-17H2,1H3,(H,25,29). The van der Waals surface area contributed by atoms with E-state index in [-0.39, 0.29) is 5.91 Å². The van der Waals surface area contributed by atoms with Gasteiger partial charge in [-0.3, -0.25) is 4.79 Å². The van der Waals surface area contributed by atoms with Gasteiger partial charge in [0.1, 0.15) is 11.6 Å². The van der Waals surface area contributed by atoms with E-state index in [0.29, 0.717) is 19.4 Å². The summed E-state index contributed by atoms with van der Waals surface area (Å²) in [5.74, 6) is 2.83. The molecule has 156 valence electrons. The Bertz CT molecular complexity index is 995. The molecule has 0 saturated heterocycles. The Morgan fingerprint density at radius 3 is 2.73 bits per heavy atom. The van der Waals surface area contributed by atoms with E-state index in [2.05, 4.69) is 20.1 Å². The summed E-state index contributed by atoms with van der Waals surface area (Å²) in [5, 5.41) is 11.8. The molecule has 6 heteroatoms. The van der Waals surface area contributed by atoms with Crippen LogP contribution in [0.5, 0.6) is 5.75 Å². The first-order chi connectivity index (χ1) is 14.7. The molecule has 1 aliphatic rings. The minimum absolute atomic E-state index is 0.00889. The SMILES string of the molecule is CCOc1ccccc1CCC(=O)Nc1ccc(-c2nnc3n2CCCCC3)cc1. The van der Waals surface area contributed by atoms with Crippen molar-refractivity contribution in [1.82, 2.24) is 14.8 Å². The topological polar surface area (TPSA) is 69.0 Å². The number of aryl methyl sites for hydroxylation is 2. The maximum Gasteiger partial charge on any atom is 0.224 e. The highest BCUT2D eigenvalue weighted by molar-refractivity contribution is 5.91. The number of carbonyl (C=O) groups is 1. The van der Waals surface area contributed by atoms with Crippen molar-refractivity contribution in [2.75, 3.05) is 11.9 Å². The highest BCUT2D eigenvalue weighted by Crippen LogP contribution is 2.24. The number of nitrogens with zero attached hydrogens (tertiary/aromatic N) is 3. The average molecular weight is 405 g/mol. The zero-order chi connectivity index (χ0) is 20.8. The molecular weight excluding hydrogens is 376 g/mol. The van der Waals surface area contributed by atoms with Crippen LogP contribution in [0.25, 0.3) is 11.4 Å². The number of aromatic nitrogens is 3. The Balaban J connectivity index is 1.37. The van der Waals surface area contributed by atoms with Gasteiger partial charge in [-0.1, -0.05) is 24.6 Å². The van der Waals surface area contributed by atoms with E-state index in [0.717, 1.165) is 47.2 Å². The van der Waals surface area contributed by atoms with E-state index >= 15 is 0 Å². The van der Waals surface area contributed by atoms with Crippen molar-refractivity contribution in [1.29, 1.82) is 0 Å². The van der Waals surface area contributed by atoms with Crippen LogP contribution in [0.4, 0.5) is 5.69 Å². The molecule has 30 heavy (non-hydrogen) atoms. The number of carbonyl (C=O) groups excluding carboxylic acids is 1. The summed E-state index contributed by atoms with van der Waals surface area (Å²) in [4.78, 5) is 12.4. The molecule has 1 amide bonds. The van der Waals surface area contributed by atoms with Gasteiger partial charge in [0.15, 0.2) is 5.82 Å². The Hall–Kier alpha value is -3.15. The minimum Gasteiger partial charge on any atom is -0.494 e. The number of hydrogen-bond acceptors (Lipinski definition) is 4. The second-order valence-corrected chi connectivity index (χ2v) is 7.57. The fraction of sp³-hybridized carbons (Fsp3) is 0.375. The highest BCUT2D eigenvalue weighted by Gasteiger charge is 2.16. The lowest BCUT2D eigenvalue weighted by molar-refractivity contribution is -0.116. The quantitative estimate of drug-likeness (QED) is 0.623. The molecule has 6 nitrogen and oxygen atoms in total. The summed E-state index contributed by atoms with van der Waals surface area (Å²) in [6.07, 6.45) is 5.63. The maximum absolute atomic E-state index is 12.4. The molecule has 0 radical (unpaired) electrons. The molecule has 0 saturated carbocycles. The van der Waals surface area contributed by atoms with Crippen LogP contribution in [0.2, 0.25) is 0 Å². The first-order valence-electron chi connectivity index (χ1n) is 10.8. The van der Waals surface area contributed by atoms with E-state index in [4.69, 9.17) is 4.74 Å². The lowest BCUT2D eigenvalue weighted by Gasteiger charge is -2.10. The fourth-order valence-corrected chi connectivity index (χ4v) is 3.88. The van der Waals surface area contributed by atoms with Gasteiger partial charge in [-0.25, -0.2) is 0 Å². The molecule has 3 aromatic rings. The first-order valence-corrected chi connectivity index (χ1v) is 10.8. The largest absolute Gasteiger partial charge is 0.494 e. The third-order valence-electron chi connectivity index (χ3n) is 5.43. The lowest BCUT2D eigenvalue weighted by atomic mass is 10.1. The Morgan fingerprint density at radius 1 is 1.07 bits per heavy atom. The van der Waals surface area contributed by atoms with Crippen molar-refractivity contribution >= 4 is 11.6 Å². The van der Waals surface area contributed by atoms with Gasteiger partial charge in [0.25, 0.3) is 0 Å². The Labute approximate surface area is 177 Å². The number of fused-ring (bicyclic) bond motifs is 1. The molecule has 2 heterocycles. The number of nitrogens with one attached hydrogen (secondary N) is 1. The van der Waals surface area contributed by atoms with Gasteiger partial charge in [-0.05, 0) is 62.1 Å². The molecule has 0 fully saturated rings. The molecule has 4 rings (SSSR count). The smallest absolute Gasteiger partial charge is 0.224 e. The Morgan fingerprint density at radius 2 is 1.90 bits per heavy atom. The van der Waals surface area contributed by atoms with Crippen LogP contribution in [0.1, 0.15) is 44.0 Å². The number of para-hydroxylation sites is 1. The number of anilines is 1. The first kappa shape index (κ1) is 20.1. The monoisotopic (exact) mass is 404 g/mol. The van der Waals surface area contributed by atoms with E-state index in [1.165, 1.54) is 19.3 Å². The molecule has 0 atom stereocenters. The normalized spacial score (nSPS) is 13.4. The van der Waals surface area contributed by atoms with Crippen molar-refractivity contribution in [2.24, 2.45) is 0 Å². The third-order valence-corrected chi connectivity index (χ3v) is 5.43.